The van der Waals surface area contributed by atoms with Gasteiger partial charge in [-0.25, -0.2) is 0 Å². The van der Waals surface area contributed by atoms with Crippen LogP contribution in [-0.4, -0.2) is 0 Å². The molecule has 21 heavy (non-hydrogen) atoms. The second-order valence-electron chi connectivity index (χ2n) is 5.00. The average molecular weight is 332 g/mol. The predicted octanol–water partition coefficient (Wildman–Crippen LogP) is 7.11. The van der Waals surface area contributed by atoms with Crippen LogP contribution >= 0.6 is 34.8 Å². The van der Waals surface area contributed by atoms with Crippen molar-refractivity contribution in [2.75, 3.05) is 0 Å². The molecule has 0 fully saturated rings. The van der Waals surface area contributed by atoms with Crippen LogP contribution in [0.5, 0.6) is 0 Å². The van der Waals surface area contributed by atoms with E-state index in [2.05, 4.69) is 0 Å². The van der Waals surface area contributed by atoms with E-state index >= 15 is 0 Å². The summed E-state index contributed by atoms with van der Waals surface area (Å²) in [5.41, 5.74) is 0. The van der Waals surface area contributed by atoms with Crippen molar-refractivity contribution in [2.45, 2.75) is 0 Å². The Bertz CT molecular complexity index is 1020. The van der Waals surface area contributed by atoms with Crippen molar-refractivity contribution in [2.24, 2.45) is 0 Å². The van der Waals surface area contributed by atoms with Crippen LogP contribution in [0.4, 0.5) is 0 Å². The molecule has 0 aliphatic carbocycles. The van der Waals surface area contributed by atoms with Crippen LogP contribution in [-0.2, 0) is 0 Å². The van der Waals surface area contributed by atoms with Crippen LogP contribution < -0.4 is 0 Å². The lowest BCUT2D eigenvalue weighted by Gasteiger charge is -2.13. The highest BCUT2D eigenvalue weighted by molar-refractivity contribution is 6.51. The van der Waals surface area contributed by atoms with Crippen molar-refractivity contribution < 1.29 is 0 Å². The SMILES string of the molecule is Clc1c(Cl)c2c3ccccc3c(Cl)cc2c2ccccc12. The van der Waals surface area contributed by atoms with Crippen LogP contribution in [0.2, 0.25) is 15.1 Å². The molecule has 4 aromatic carbocycles. The predicted molar refractivity (Wildman–Crippen MR) is 94.0 cm³/mol. The van der Waals surface area contributed by atoms with Gasteiger partial charge in [-0.2, -0.15) is 0 Å². The lowest BCUT2D eigenvalue weighted by atomic mass is 9.97. The summed E-state index contributed by atoms with van der Waals surface area (Å²) < 4.78 is 0. The number of hydrogen-bond acceptors (Lipinski definition) is 0. The van der Waals surface area contributed by atoms with E-state index in [1.807, 2.05) is 54.6 Å². The first-order chi connectivity index (χ1) is 10.2. The van der Waals surface area contributed by atoms with Crippen molar-refractivity contribution in [1.29, 1.82) is 0 Å². The molecule has 3 heteroatoms. The molecule has 0 amide bonds. The molecule has 102 valence electrons. The molecule has 0 aliphatic heterocycles. The summed E-state index contributed by atoms with van der Waals surface area (Å²) >= 11 is 19.5. The third-order valence-electron chi connectivity index (χ3n) is 3.86. The number of halogens is 3. The zero-order valence-electron chi connectivity index (χ0n) is 10.8. The average Bonchev–Trinajstić information content (AvgIpc) is 2.53. The normalized spacial score (nSPS) is 11.6. The van der Waals surface area contributed by atoms with Crippen molar-refractivity contribution in [3.8, 4) is 0 Å². The Morgan fingerprint density at radius 1 is 0.524 bits per heavy atom. The molecule has 0 saturated heterocycles. The molecular weight excluding hydrogens is 323 g/mol. The molecule has 0 aliphatic rings. The smallest absolute Gasteiger partial charge is 0.0683 e. The van der Waals surface area contributed by atoms with Gasteiger partial charge in [0, 0.05) is 21.2 Å². The van der Waals surface area contributed by atoms with Gasteiger partial charge in [0.25, 0.3) is 0 Å². The molecule has 0 saturated carbocycles. The highest BCUT2D eigenvalue weighted by Crippen LogP contribution is 2.43. The minimum absolute atomic E-state index is 0.582. The Morgan fingerprint density at radius 2 is 1.10 bits per heavy atom. The first kappa shape index (κ1) is 13.2. The zero-order valence-corrected chi connectivity index (χ0v) is 13.1. The van der Waals surface area contributed by atoms with Crippen molar-refractivity contribution in [1.82, 2.24) is 0 Å². The van der Waals surface area contributed by atoms with Gasteiger partial charge < -0.3 is 0 Å². The van der Waals surface area contributed by atoms with E-state index in [1.165, 1.54) is 0 Å². The summed E-state index contributed by atoms with van der Waals surface area (Å²) in [6.45, 7) is 0. The van der Waals surface area contributed by atoms with Crippen LogP contribution in [0.1, 0.15) is 0 Å². The molecule has 0 atom stereocenters. The zero-order chi connectivity index (χ0) is 14.6. The van der Waals surface area contributed by atoms with Crippen LogP contribution in [0, 0.1) is 0 Å². The fourth-order valence-electron chi connectivity index (χ4n) is 2.92. The van der Waals surface area contributed by atoms with Crippen molar-refractivity contribution in [3.63, 3.8) is 0 Å². The number of benzene rings is 4. The minimum atomic E-state index is 0.582. The van der Waals surface area contributed by atoms with Gasteiger partial charge in [-0.15, -0.1) is 0 Å². The van der Waals surface area contributed by atoms with E-state index in [4.69, 9.17) is 34.8 Å². The Labute approximate surface area is 136 Å². The van der Waals surface area contributed by atoms with E-state index < -0.39 is 0 Å². The summed E-state index contributed by atoms with van der Waals surface area (Å²) in [5.74, 6) is 0. The molecule has 0 radical (unpaired) electrons. The monoisotopic (exact) mass is 330 g/mol. The van der Waals surface area contributed by atoms with Crippen molar-refractivity contribution >= 4 is 67.1 Å². The summed E-state index contributed by atoms with van der Waals surface area (Å²) in [6, 6.07) is 17.9. The Hall–Kier alpha value is -1.47. The summed E-state index contributed by atoms with van der Waals surface area (Å²) in [5, 5.41) is 7.91. The fraction of sp³-hybridized carbons (Fsp3) is 0. The summed E-state index contributed by atoms with van der Waals surface area (Å²) in [7, 11) is 0. The standard InChI is InChI=1S/C18H9Cl3/c19-15-9-14-10-5-1-4-8-13(10)17(20)18(21)16(14)12-7-3-2-6-11(12)15/h1-9H. The second-order valence-corrected chi connectivity index (χ2v) is 6.16. The lowest BCUT2D eigenvalue weighted by Crippen LogP contribution is -1.85. The van der Waals surface area contributed by atoms with Gasteiger partial charge in [0.1, 0.15) is 0 Å². The van der Waals surface area contributed by atoms with Gasteiger partial charge in [-0.1, -0.05) is 83.3 Å². The number of rotatable bonds is 0. The summed E-state index contributed by atoms with van der Waals surface area (Å²) in [6.07, 6.45) is 0. The highest BCUT2D eigenvalue weighted by Gasteiger charge is 2.15. The number of hydrogen-bond donors (Lipinski definition) is 0. The fourth-order valence-corrected chi connectivity index (χ4v) is 3.76. The second kappa shape index (κ2) is 4.78. The third-order valence-corrected chi connectivity index (χ3v) is 5.04. The molecule has 0 nitrogen and oxygen atoms in total. The quantitative estimate of drug-likeness (QED) is 0.301. The molecule has 4 aromatic rings. The molecule has 0 aromatic heterocycles. The molecule has 0 spiro atoms. The maximum absolute atomic E-state index is 6.56. The van der Waals surface area contributed by atoms with Gasteiger partial charge in [0.05, 0.1) is 10.0 Å². The Morgan fingerprint density at radius 3 is 1.81 bits per heavy atom. The molecule has 0 heterocycles. The molecular formula is C18H9Cl3. The molecule has 4 rings (SSSR count). The van der Waals surface area contributed by atoms with Gasteiger partial charge in [0.15, 0.2) is 0 Å². The van der Waals surface area contributed by atoms with Crippen LogP contribution in [0.15, 0.2) is 54.6 Å². The minimum Gasteiger partial charge on any atom is -0.0836 e. The lowest BCUT2D eigenvalue weighted by molar-refractivity contribution is 1.77. The van der Waals surface area contributed by atoms with E-state index in [0.717, 1.165) is 37.3 Å². The van der Waals surface area contributed by atoms with E-state index in [1.54, 1.807) is 0 Å². The first-order valence-corrected chi connectivity index (χ1v) is 7.68. The topological polar surface area (TPSA) is 0 Å². The largest absolute Gasteiger partial charge is 0.0836 e. The third kappa shape index (κ3) is 1.83. The molecule has 0 N–H and O–H groups in total. The maximum atomic E-state index is 6.56. The molecule has 0 bridgehead atoms. The van der Waals surface area contributed by atoms with Gasteiger partial charge >= 0.3 is 0 Å². The van der Waals surface area contributed by atoms with Crippen LogP contribution in [0.3, 0.4) is 0 Å². The highest BCUT2D eigenvalue weighted by atomic mass is 35.5. The van der Waals surface area contributed by atoms with Gasteiger partial charge in [-0.05, 0) is 22.2 Å². The van der Waals surface area contributed by atoms with E-state index in [9.17, 15) is 0 Å². The Balaban J connectivity index is 2.42. The van der Waals surface area contributed by atoms with Gasteiger partial charge in [-0.3, -0.25) is 0 Å². The summed E-state index contributed by atoms with van der Waals surface area (Å²) in [4.78, 5) is 0. The van der Waals surface area contributed by atoms with Gasteiger partial charge in [0.2, 0.25) is 0 Å². The van der Waals surface area contributed by atoms with E-state index in [0.29, 0.717) is 10.0 Å². The number of fused-ring (bicyclic) bond motifs is 5. The Kier molecular flexibility index (Phi) is 3.00. The van der Waals surface area contributed by atoms with E-state index in [-0.39, 0.29) is 0 Å². The first-order valence-electron chi connectivity index (χ1n) is 6.55. The van der Waals surface area contributed by atoms with Crippen molar-refractivity contribution in [3.05, 3.63) is 69.7 Å². The van der Waals surface area contributed by atoms with Crippen LogP contribution in [0.25, 0.3) is 32.3 Å². The molecule has 0 unspecified atom stereocenters. The maximum Gasteiger partial charge on any atom is 0.0683 e.